The molecule has 0 radical (unpaired) electrons. The zero-order chi connectivity index (χ0) is 8.97. The molecule has 1 saturated heterocycles. The number of carbonyl (C=O) groups is 1. The van der Waals surface area contributed by atoms with Crippen LogP contribution in [0.2, 0.25) is 0 Å². The molecule has 1 fully saturated rings. The van der Waals surface area contributed by atoms with E-state index in [1.165, 1.54) is 0 Å². The summed E-state index contributed by atoms with van der Waals surface area (Å²) in [5.41, 5.74) is 0. The largest absolute Gasteiger partial charge is 0.340 e. The minimum absolute atomic E-state index is 0.0365. The molecule has 0 aromatic rings. The molecule has 0 aromatic carbocycles. The molecule has 2 nitrogen and oxygen atoms in total. The minimum atomic E-state index is -0.0365. The number of alkyl halides is 1. The van der Waals surface area contributed by atoms with Gasteiger partial charge in [0, 0.05) is 24.6 Å². The molecule has 1 aliphatic rings. The Hall–Kier alpha value is 0.650. The molecule has 1 atom stereocenters. The molecular formula is C7H12BrNOS2. The highest BCUT2D eigenvalue weighted by Gasteiger charge is 2.19. The number of nitrogens with zero attached hydrogens (tertiary/aromatic N) is 1. The lowest BCUT2D eigenvalue weighted by atomic mass is 10.4. The zero-order valence-corrected chi connectivity index (χ0v) is 10.2. The molecule has 0 aliphatic carbocycles. The van der Waals surface area contributed by atoms with Crippen molar-refractivity contribution in [3.8, 4) is 0 Å². The molecule has 1 amide bonds. The third-order valence-corrected chi connectivity index (χ3v) is 4.38. The van der Waals surface area contributed by atoms with Gasteiger partial charge in [-0.05, 0) is 6.92 Å². The zero-order valence-electron chi connectivity index (χ0n) is 6.96. The van der Waals surface area contributed by atoms with Gasteiger partial charge in [-0.25, -0.2) is 0 Å². The van der Waals surface area contributed by atoms with Gasteiger partial charge >= 0.3 is 0 Å². The highest BCUT2D eigenvalue weighted by molar-refractivity contribution is 9.10. The first-order valence-corrected chi connectivity index (χ1v) is 7.29. The van der Waals surface area contributed by atoms with Crippen LogP contribution in [0.25, 0.3) is 0 Å². The van der Waals surface area contributed by atoms with Crippen LogP contribution in [0, 0.1) is 0 Å². The second-order valence-corrected chi connectivity index (χ2v) is 6.66. The molecule has 1 rings (SSSR count). The number of rotatable bonds is 1. The summed E-state index contributed by atoms with van der Waals surface area (Å²) in [4.78, 5) is 13.4. The first-order chi connectivity index (χ1) is 5.72. The van der Waals surface area contributed by atoms with Gasteiger partial charge in [-0.1, -0.05) is 37.5 Å². The van der Waals surface area contributed by atoms with Crippen LogP contribution in [0.15, 0.2) is 0 Å². The lowest BCUT2D eigenvalue weighted by Crippen LogP contribution is -2.37. The van der Waals surface area contributed by atoms with Crippen molar-refractivity contribution >= 4 is 43.4 Å². The van der Waals surface area contributed by atoms with Crippen LogP contribution < -0.4 is 0 Å². The quantitative estimate of drug-likeness (QED) is 0.537. The molecule has 0 saturated carbocycles. The molecule has 0 spiro atoms. The summed E-state index contributed by atoms with van der Waals surface area (Å²) in [6, 6.07) is 0. The molecule has 1 heterocycles. The van der Waals surface area contributed by atoms with E-state index < -0.39 is 0 Å². The maximum Gasteiger partial charge on any atom is 0.236 e. The highest BCUT2D eigenvalue weighted by atomic mass is 79.9. The van der Waals surface area contributed by atoms with Gasteiger partial charge in [-0.2, -0.15) is 0 Å². The summed E-state index contributed by atoms with van der Waals surface area (Å²) in [5.74, 6) is 2.32. The number of carbonyl (C=O) groups excluding carboxylic acids is 1. The van der Waals surface area contributed by atoms with Crippen LogP contribution in [0.1, 0.15) is 6.92 Å². The van der Waals surface area contributed by atoms with Crippen LogP contribution in [0.5, 0.6) is 0 Å². The molecule has 70 valence electrons. The van der Waals surface area contributed by atoms with Crippen LogP contribution in [0.4, 0.5) is 0 Å². The number of amides is 1. The Balaban J connectivity index is 2.43. The molecule has 1 unspecified atom stereocenters. The van der Waals surface area contributed by atoms with Gasteiger partial charge in [0.1, 0.15) is 0 Å². The predicted molar refractivity (Wildman–Crippen MR) is 59.9 cm³/mol. The molecule has 0 N–H and O–H groups in total. The summed E-state index contributed by atoms with van der Waals surface area (Å²) in [7, 11) is 3.71. The van der Waals surface area contributed by atoms with Crippen molar-refractivity contribution in [1.29, 1.82) is 0 Å². The number of hydrogen-bond donors (Lipinski definition) is 0. The van der Waals surface area contributed by atoms with Crippen molar-refractivity contribution in [2.45, 2.75) is 11.8 Å². The van der Waals surface area contributed by atoms with Crippen molar-refractivity contribution < 1.29 is 4.79 Å². The van der Waals surface area contributed by atoms with E-state index in [0.717, 1.165) is 24.6 Å². The number of hydrogen-bond acceptors (Lipinski definition) is 3. The Morgan fingerprint density at radius 3 is 2.33 bits per heavy atom. The van der Waals surface area contributed by atoms with E-state index in [9.17, 15) is 4.79 Å². The van der Waals surface area contributed by atoms with Crippen LogP contribution >= 0.6 is 37.5 Å². The first kappa shape index (κ1) is 10.7. The van der Waals surface area contributed by atoms with Gasteiger partial charge in [-0.3, -0.25) is 4.79 Å². The summed E-state index contributed by atoms with van der Waals surface area (Å²) in [6.45, 7) is 3.67. The SMILES string of the molecule is CC(Br)C(=O)N1CCSSCC1. The van der Waals surface area contributed by atoms with E-state index in [0.29, 0.717) is 0 Å². The molecular weight excluding hydrogens is 258 g/mol. The molecule has 1 aliphatic heterocycles. The second kappa shape index (κ2) is 5.40. The first-order valence-electron chi connectivity index (χ1n) is 3.89. The fraction of sp³-hybridized carbons (Fsp3) is 0.857. The normalized spacial score (nSPS) is 21.7. The van der Waals surface area contributed by atoms with E-state index in [-0.39, 0.29) is 10.7 Å². The van der Waals surface area contributed by atoms with Gasteiger partial charge in [0.05, 0.1) is 4.83 Å². The lowest BCUT2D eigenvalue weighted by Gasteiger charge is -2.20. The summed E-state index contributed by atoms with van der Waals surface area (Å²) in [5, 5.41) is 0. The van der Waals surface area contributed by atoms with Gasteiger partial charge in [0.2, 0.25) is 5.91 Å². The molecule has 0 bridgehead atoms. The molecule has 12 heavy (non-hydrogen) atoms. The Morgan fingerprint density at radius 1 is 1.42 bits per heavy atom. The van der Waals surface area contributed by atoms with Gasteiger partial charge in [0.15, 0.2) is 0 Å². The van der Waals surface area contributed by atoms with E-state index in [2.05, 4.69) is 15.9 Å². The fourth-order valence-corrected chi connectivity index (χ4v) is 3.27. The molecule has 5 heteroatoms. The second-order valence-electron chi connectivity index (χ2n) is 2.59. The van der Waals surface area contributed by atoms with Crippen molar-refractivity contribution in [3.63, 3.8) is 0 Å². The third kappa shape index (κ3) is 3.18. The van der Waals surface area contributed by atoms with Gasteiger partial charge in [0.25, 0.3) is 0 Å². The summed E-state index contributed by atoms with van der Waals surface area (Å²) < 4.78 is 0. The Morgan fingerprint density at radius 2 is 1.92 bits per heavy atom. The van der Waals surface area contributed by atoms with Gasteiger partial charge < -0.3 is 4.90 Å². The van der Waals surface area contributed by atoms with Crippen molar-refractivity contribution in [2.75, 3.05) is 24.6 Å². The van der Waals surface area contributed by atoms with Crippen LogP contribution in [-0.2, 0) is 4.79 Å². The van der Waals surface area contributed by atoms with Crippen molar-refractivity contribution in [2.24, 2.45) is 0 Å². The third-order valence-electron chi connectivity index (χ3n) is 1.62. The van der Waals surface area contributed by atoms with E-state index in [1.807, 2.05) is 33.4 Å². The summed E-state index contributed by atoms with van der Waals surface area (Å²) >= 11 is 3.30. The topological polar surface area (TPSA) is 20.3 Å². The van der Waals surface area contributed by atoms with Crippen molar-refractivity contribution in [1.82, 2.24) is 4.90 Å². The van der Waals surface area contributed by atoms with Gasteiger partial charge in [-0.15, -0.1) is 0 Å². The number of halogens is 1. The smallest absolute Gasteiger partial charge is 0.236 e. The van der Waals surface area contributed by atoms with Crippen LogP contribution in [0.3, 0.4) is 0 Å². The maximum absolute atomic E-state index is 11.5. The fourth-order valence-electron chi connectivity index (χ4n) is 0.997. The summed E-state index contributed by atoms with van der Waals surface area (Å²) in [6.07, 6.45) is 0. The lowest BCUT2D eigenvalue weighted by molar-refractivity contribution is -0.129. The Labute approximate surface area is 89.4 Å². The standard InChI is InChI=1S/C7H12BrNOS2/c1-6(8)7(10)9-2-4-11-12-5-3-9/h6H,2-5H2,1H3. The Bertz CT molecular complexity index is 157. The Kier molecular flexibility index (Phi) is 4.82. The van der Waals surface area contributed by atoms with Crippen molar-refractivity contribution in [3.05, 3.63) is 0 Å². The molecule has 0 aromatic heterocycles. The van der Waals surface area contributed by atoms with E-state index in [4.69, 9.17) is 0 Å². The monoisotopic (exact) mass is 269 g/mol. The average molecular weight is 270 g/mol. The van der Waals surface area contributed by atoms with Crippen LogP contribution in [-0.4, -0.2) is 40.2 Å². The predicted octanol–water partition coefficient (Wildman–Crippen LogP) is 1.99. The van der Waals surface area contributed by atoms with E-state index in [1.54, 1.807) is 0 Å². The maximum atomic E-state index is 11.5. The minimum Gasteiger partial charge on any atom is -0.340 e. The average Bonchev–Trinajstić information content (AvgIpc) is 2.30. The van der Waals surface area contributed by atoms with E-state index >= 15 is 0 Å². The highest BCUT2D eigenvalue weighted by Crippen LogP contribution is 2.24.